The van der Waals surface area contributed by atoms with Crippen molar-refractivity contribution in [3.8, 4) is 0 Å². The molecule has 5 N–H and O–H groups in total. The van der Waals surface area contributed by atoms with Crippen molar-refractivity contribution in [2.24, 2.45) is 11.7 Å². The fraction of sp³-hybridized carbons (Fsp3) is 0.632. The third kappa shape index (κ3) is 2.92. The highest BCUT2D eigenvalue weighted by atomic mass is 16.6. The van der Waals surface area contributed by atoms with E-state index in [-0.39, 0.29) is 61.3 Å². The van der Waals surface area contributed by atoms with Gasteiger partial charge in [0.2, 0.25) is 11.6 Å². The van der Waals surface area contributed by atoms with E-state index in [1.807, 2.05) is 4.90 Å². The van der Waals surface area contributed by atoms with Crippen molar-refractivity contribution in [3.63, 3.8) is 0 Å². The molecule has 3 unspecified atom stereocenters. The van der Waals surface area contributed by atoms with Crippen LogP contribution in [0.15, 0.2) is 22.5 Å². The molecule has 1 amide bonds. The number of rotatable bonds is 9. The number of fused-ring (bicyclic) bond motifs is 4. The maximum absolute atomic E-state index is 13.5. The van der Waals surface area contributed by atoms with E-state index < -0.39 is 17.7 Å². The first-order valence-electron chi connectivity index (χ1n) is 9.86. The molecule has 3 aliphatic heterocycles. The number of carbonyl (C=O) groups is 3. The number of ether oxygens (including phenoxy) is 3. The van der Waals surface area contributed by atoms with E-state index in [1.165, 1.54) is 7.11 Å². The third-order valence-electron chi connectivity index (χ3n) is 6.21. The first kappa shape index (κ1) is 20.8. The molecule has 3 heterocycles. The van der Waals surface area contributed by atoms with Crippen molar-refractivity contribution in [1.29, 1.82) is 0 Å². The first-order valence-corrected chi connectivity index (χ1v) is 9.86. The molecule has 2 saturated heterocycles. The molecule has 4 atom stereocenters. The van der Waals surface area contributed by atoms with Crippen LogP contribution in [-0.2, 0) is 23.8 Å². The predicted molar refractivity (Wildman–Crippen MR) is 102 cm³/mol. The van der Waals surface area contributed by atoms with Gasteiger partial charge in [0, 0.05) is 37.4 Å². The second-order valence-corrected chi connectivity index (χ2v) is 7.68. The van der Waals surface area contributed by atoms with Crippen LogP contribution < -0.4 is 16.4 Å². The number of methoxy groups -OCH3 is 1. The quantitative estimate of drug-likeness (QED) is 0.185. The zero-order valence-electron chi connectivity index (χ0n) is 16.9. The van der Waals surface area contributed by atoms with Gasteiger partial charge in [-0.1, -0.05) is 0 Å². The van der Waals surface area contributed by atoms with Gasteiger partial charge in [-0.25, -0.2) is 4.79 Å². The number of aliphatic hydroxyl groups excluding tert-OH is 1. The summed E-state index contributed by atoms with van der Waals surface area (Å²) >= 11 is 0. The van der Waals surface area contributed by atoms with Crippen LogP contribution in [0, 0.1) is 5.92 Å². The molecule has 0 spiro atoms. The summed E-state index contributed by atoms with van der Waals surface area (Å²) in [6.07, 6.45) is -0.958. The zero-order chi connectivity index (χ0) is 21.6. The van der Waals surface area contributed by atoms with Gasteiger partial charge < -0.3 is 40.6 Å². The Bertz CT molecular complexity index is 854. The molecule has 11 nitrogen and oxygen atoms in total. The lowest BCUT2D eigenvalue weighted by atomic mass is 9.82. The van der Waals surface area contributed by atoms with E-state index in [4.69, 9.17) is 25.1 Å². The van der Waals surface area contributed by atoms with Crippen molar-refractivity contribution in [2.75, 3.05) is 46.6 Å². The molecular weight excluding hydrogens is 396 g/mol. The summed E-state index contributed by atoms with van der Waals surface area (Å²) in [5, 5.41) is 15.1. The van der Waals surface area contributed by atoms with Gasteiger partial charge in [-0.05, 0) is 6.92 Å². The standard InChI is InChI=1S/C19H26N4O7/c1-9-13(21-3-5-29-6-4-24)16(26)12-10(8-30-18(20)27)19(28-2)17-11(22-17)7-23(19)14(12)15(9)25/h10-11,17,21-22,24H,3-8H2,1-2H3,(H2,20,27)/t10?,11?,17?,19-/m1/s1. The second kappa shape index (κ2) is 7.65. The molecule has 0 aromatic rings. The number of Topliss-reactive ketones (excluding diaryl/α,β-unsaturated/α-hetero) is 2. The molecule has 11 heteroatoms. The Hall–Kier alpha value is -2.47. The number of hydrogen-bond donors (Lipinski definition) is 4. The molecule has 0 radical (unpaired) electrons. The summed E-state index contributed by atoms with van der Waals surface area (Å²) in [6, 6.07) is 0.0595. The first-order chi connectivity index (χ1) is 14.4. The number of nitrogens with two attached hydrogens (primary N) is 1. The van der Waals surface area contributed by atoms with Gasteiger partial charge in [-0.15, -0.1) is 0 Å². The van der Waals surface area contributed by atoms with Crippen molar-refractivity contribution in [3.05, 3.63) is 22.5 Å². The lowest BCUT2D eigenvalue weighted by molar-refractivity contribution is -0.137. The fourth-order valence-corrected chi connectivity index (χ4v) is 4.92. The number of nitrogens with zero attached hydrogens (tertiary/aromatic N) is 1. The van der Waals surface area contributed by atoms with E-state index in [0.29, 0.717) is 24.4 Å². The smallest absolute Gasteiger partial charge is 0.404 e. The Morgan fingerprint density at radius 3 is 2.80 bits per heavy atom. The average molecular weight is 422 g/mol. The van der Waals surface area contributed by atoms with Crippen LogP contribution in [0.2, 0.25) is 0 Å². The predicted octanol–water partition coefficient (Wildman–Crippen LogP) is -2.01. The summed E-state index contributed by atoms with van der Waals surface area (Å²) < 4.78 is 16.2. The Kier molecular flexibility index (Phi) is 5.30. The molecule has 0 aromatic heterocycles. The van der Waals surface area contributed by atoms with E-state index in [1.54, 1.807) is 6.92 Å². The van der Waals surface area contributed by atoms with Gasteiger partial charge in [0.15, 0.2) is 5.72 Å². The van der Waals surface area contributed by atoms with Crippen LogP contribution >= 0.6 is 0 Å². The van der Waals surface area contributed by atoms with Gasteiger partial charge in [0.25, 0.3) is 0 Å². The van der Waals surface area contributed by atoms with E-state index in [2.05, 4.69) is 10.6 Å². The molecule has 4 aliphatic rings. The van der Waals surface area contributed by atoms with Crippen LogP contribution in [0.4, 0.5) is 4.79 Å². The largest absolute Gasteiger partial charge is 0.449 e. The molecule has 0 bridgehead atoms. The number of nitrogens with one attached hydrogen (secondary N) is 2. The maximum atomic E-state index is 13.5. The van der Waals surface area contributed by atoms with Gasteiger partial charge in [0.1, 0.15) is 6.61 Å². The Morgan fingerprint density at radius 1 is 1.37 bits per heavy atom. The molecule has 30 heavy (non-hydrogen) atoms. The number of allylic oxidation sites excluding steroid dienone is 2. The molecule has 1 aliphatic carbocycles. The maximum Gasteiger partial charge on any atom is 0.404 e. The molecule has 4 rings (SSSR count). The molecule has 164 valence electrons. The van der Waals surface area contributed by atoms with Crippen LogP contribution in [0.25, 0.3) is 0 Å². The number of ketones is 2. The lowest BCUT2D eigenvalue weighted by Gasteiger charge is -2.39. The summed E-state index contributed by atoms with van der Waals surface area (Å²) in [5.74, 6) is -1.25. The van der Waals surface area contributed by atoms with Crippen molar-refractivity contribution < 1.29 is 33.7 Å². The van der Waals surface area contributed by atoms with E-state index in [0.717, 1.165) is 0 Å². The molecule has 0 aromatic carbocycles. The number of amides is 1. The fourth-order valence-electron chi connectivity index (χ4n) is 4.92. The highest BCUT2D eigenvalue weighted by Gasteiger charge is 2.72. The number of piperazine rings is 1. The van der Waals surface area contributed by atoms with Crippen LogP contribution in [0.5, 0.6) is 0 Å². The van der Waals surface area contributed by atoms with Crippen LogP contribution in [0.3, 0.4) is 0 Å². The van der Waals surface area contributed by atoms with Gasteiger partial charge >= 0.3 is 6.09 Å². The Morgan fingerprint density at radius 2 is 2.13 bits per heavy atom. The van der Waals surface area contributed by atoms with E-state index in [9.17, 15) is 14.4 Å². The summed E-state index contributed by atoms with van der Waals surface area (Å²) in [7, 11) is 1.53. The minimum absolute atomic E-state index is 0.0845. The number of aliphatic hydroxyl groups is 1. The normalized spacial score (nSPS) is 31.7. The number of carbonyl (C=O) groups excluding carboxylic acids is 3. The lowest BCUT2D eigenvalue weighted by Crippen LogP contribution is -2.55. The van der Waals surface area contributed by atoms with Crippen LogP contribution in [-0.4, -0.2) is 92.1 Å². The van der Waals surface area contributed by atoms with Gasteiger partial charge in [0.05, 0.1) is 43.2 Å². The summed E-state index contributed by atoms with van der Waals surface area (Å²) in [6.45, 7) is 2.61. The summed E-state index contributed by atoms with van der Waals surface area (Å²) in [5.41, 5.74) is 5.28. The average Bonchev–Trinajstić information content (AvgIpc) is 3.33. The van der Waals surface area contributed by atoms with Crippen LogP contribution in [0.1, 0.15) is 6.92 Å². The number of hydrogen-bond acceptors (Lipinski definition) is 10. The highest BCUT2D eigenvalue weighted by Crippen LogP contribution is 2.55. The van der Waals surface area contributed by atoms with Gasteiger partial charge in [-0.2, -0.15) is 0 Å². The number of primary amides is 1. The summed E-state index contributed by atoms with van der Waals surface area (Å²) in [4.78, 5) is 39.9. The monoisotopic (exact) mass is 422 g/mol. The molecular formula is C19H26N4O7. The van der Waals surface area contributed by atoms with Gasteiger partial charge in [-0.3, -0.25) is 9.59 Å². The molecule has 2 fully saturated rings. The highest BCUT2D eigenvalue weighted by molar-refractivity contribution is 6.25. The van der Waals surface area contributed by atoms with Crippen molar-refractivity contribution in [1.82, 2.24) is 15.5 Å². The minimum atomic E-state index is -0.990. The minimum Gasteiger partial charge on any atom is -0.449 e. The third-order valence-corrected chi connectivity index (χ3v) is 6.21. The zero-order valence-corrected chi connectivity index (χ0v) is 16.9. The topological polar surface area (TPSA) is 162 Å². The SMILES string of the molecule is CO[C@@]12C(COC(N)=O)C3=C(C(=O)C(C)=C(NCCOCCO)C3=O)N1CC1NC12. The van der Waals surface area contributed by atoms with Crippen molar-refractivity contribution in [2.45, 2.75) is 24.7 Å². The molecule has 0 saturated carbocycles. The Labute approximate surface area is 173 Å². The van der Waals surface area contributed by atoms with Crippen molar-refractivity contribution >= 4 is 17.7 Å². The Balaban J connectivity index is 1.64. The van der Waals surface area contributed by atoms with E-state index >= 15 is 0 Å². The second-order valence-electron chi connectivity index (χ2n) is 7.68.